The zero-order chi connectivity index (χ0) is 10.8. The van der Waals surface area contributed by atoms with Crippen molar-refractivity contribution in [3.63, 3.8) is 0 Å². The third-order valence-corrected chi connectivity index (χ3v) is 3.26. The molecule has 0 aliphatic heterocycles. The minimum Gasteiger partial charge on any atom is -0.324 e. The minimum absolute atomic E-state index is 0.0368. The van der Waals surface area contributed by atoms with Gasteiger partial charge < -0.3 is 5.73 Å². The summed E-state index contributed by atoms with van der Waals surface area (Å²) in [7, 11) is 0. The number of hydrogen-bond donors (Lipinski definition) is 1. The van der Waals surface area contributed by atoms with Gasteiger partial charge in [-0.1, -0.05) is 11.6 Å². The van der Waals surface area contributed by atoms with Gasteiger partial charge in [0, 0.05) is 10.6 Å². The molecule has 1 aromatic rings. The molecular weight excluding hydrogens is 210 g/mol. The Kier molecular flexibility index (Phi) is 3.08. The van der Waals surface area contributed by atoms with E-state index < -0.39 is 0 Å². The molecule has 0 bridgehead atoms. The summed E-state index contributed by atoms with van der Waals surface area (Å²) in [5.41, 5.74) is 8.44. The largest absolute Gasteiger partial charge is 0.324 e. The van der Waals surface area contributed by atoms with Crippen LogP contribution < -0.4 is 5.73 Å². The van der Waals surface area contributed by atoms with Gasteiger partial charge in [-0.15, -0.1) is 0 Å². The second-order valence-electron chi connectivity index (χ2n) is 3.93. The molecule has 2 nitrogen and oxygen atoms in total. The van der Waals surface area contributed by atoms with Crippen molar-refractivity contribution in [3.05, 3.63) is 33.8 Å². The van der Waals surface area contributed by atoms with E-state index in [-0.39, 0.29) is 12.3 Å². The van der Waals surface area contributed by atoms with Gasteiger partial charge in [-0.25, -0.2) is 0 Å². The Balaban J connectivity index is 2.45. The van der Waals surface area contributed by atoms with E-state index in [9.17, 15) is 4.79 Å². The SMILES string of the molecule is NCC(=O)c1cc(Cl)c2c(c1)CCCC2. The highest BCUT2D eigenvalue weighted by atomic mass is 35.5. The van der Waals surface area contributed by atoms with Gasteiger partial charge in [0.15, 0.2) is 5.78 Å². The third-order valence-electron chi connectivity index (χ3n) is 2.92. The number of halogens is 1. The van der Waals surface area contributed by atoms with Crippen LogP contribution in [0.2, 0.25) is 5.02 Å². The standard InChI is InChI=1S/C12H14ClNO/c13-11-6-9(12(15)7-14)5-8-3-1-2-4-10(8)11/h5-6H,1-4,7,14H2. The number of carbonyl (C=O) groups excluding carboxylic acids is 1. The molecule has 3 heteroatoms. The minimum atomic E-state index is -0.0368. The lowest BCUT2D eigenvalue weighted by Gasteiger charge is -2.17. The van der Waals surface area contributed by atoms with Gasteiger partial charge >= 0.3 is 0 Å². The number of hydrogen-bond acceptors (Lipinski definition) is 2. The highest BCUT2D eigenvalue weighted by molar-refractivity contribution is 6.32. The van der Waals surface area contributed by atoms with Crippen LogP contribution in [-0.4, -0.2) is 12.3 Å². The van der Waals surface area contributed by atoms with Gasteiger partial charge in [0.25, 0.3) is 0 Å². The molecule has 1 aromatic carbocycles. The molecule has 0 saturated carbocycles. The Morgan fingerprint density at radius 2 is 2.07 bits per heavy atom. The van der Waals surface area contributed by atoms with Gasteiger partial charge in [-0.05, 0) is 48.9 Å². The molecule has 15 heavy (non-hydrogen) atoms. The van der Waals surface area contributed by atoms with Crippen LogP contribution in [0.25, 0.3) is 0 Å². The van der Waals surface area contributed by atoms with Crippen molar-refractivity contribution < 1.29 is 4.79 Å². The summed E-state index contributed by atoms with van der Waals surface area (Å²) in [4.78, 5) is 11.5. The smallest absolute Gasteiger partial charge is 0.176 e. The molecule has 0 fully saturated rings. The molecule has 0 atom stereocenters. The van der Waals surface area contributed by atoms with E-state index in [1.165, 1.54) is 24.0 Å². The quantitative estimate of drug-likeness (QED) is 0.783. The number of benzene rings is 1. The van der Waals surface area contributed by atoms with E-state index in [4.69, 9.17) is 17.3 Å². The number of fused-ring (bicyclic) bond motifs is 1. The predicted octanol–water partition coefficient (Wildman–Crippen LogP) is 2.36. The Bertz CT molecular complexity index is 401. The molecule has 0 radical (unpaired) electrons. The zero-order valence-corrected chi connectivity index (χ0v) is 9.31. The number of Topliss-reactive ketones (excluding diaryl/α,β-unsaturated/α-hetero) is 1. The molecule has 0 unspecified atom stereocenters. The Morgan fingerprint density at radius 1 is 1.33 bits per heavy atom. The van der Waals surface area contributed by atoms with Gasteiger partial charge in [0.2, 0.25) is 0 Å². The van der Waals surface area contributed by atoms with E-state index in [1.807, 2.05) is 6.07 Å². The van der Waals surface area contributed by atoms with E-state index in [1.54, 1.807) is 6.07 Å². The molecule has 1 aliphatic rings. The van der Waals surface area contributed by atoms with Gasteiger partial charge in [-0.2, -0.15) is 0 Å². The summed E-state index contributed by atoms with van der Waals surface area (Å²) in [5.74, 6) is -0.0368. The zero-order valence-electron chi connectivity index (χ0n) is 8.55. The van der Waals surface area contributed by atoms with Crippen molar-refractivity contribution in [1.29, 1.82) is 0 Å². The number of rotatable bonds is 2. The first-order valence-corrected chi connectivity index (χ1v) is 5.64. The second-order valence-corrected chi connectivity index (χ2v) is 4.34. The summed E-state index contributed by atoms with van der Waals surface area (Å²) in [6, 6.07) is 3.70. The van der Waals surface area contributed by atoms with E-state index >= 15 is 0 Å². The fourth-order valence-corrected chi connectivity index (χ4v) is 2.43. The molecule has 80 valence electrons. The molecule has 0 saturated heterocycles. The lowest BCUT2D eigenvalue weighted by atomic mass is 9.89. The summed E-state index contributed by atoms with van der Waals surface area (Å²) in [6.45, 7) is 0.0507. The van der Waals surface area contributed by atoms with Crippen LogP contribution in [0.4, 0.5) is 0 Å². The summed E-state index contributed by atoms with van der Waals surface area (Å²) in [5, 5.41) is 0.726. The molecule has 0 aromatic heterocycles. The lowest BCUT2D eigenvalue weighted by molar-refractivity contribution is 0.100. The Labute approximate surface area is 94.4 Å². The normalized spacial score (nSPS) is 14.8. The lowest BCUT2D eigenvalue weighted by Crippen LogP contribution is -2.15. The average Bonchev–Trinajstić information content (AvgIpc) is 2.28. The fourth-order valence-electron chi connectivity index (χ4n) is 2.09. The van der Waals surface area contributed by atoms with Crippen molar-refractivity contribution in [1.82, 2.24) is 0 Å². The molecule has 0 amide bonds. The first-order valence-electron chi connectivity index (χ1n) is 5.27. The highest BCUT2D eigenvalue weighted by Gasteiger charge is 2.15. The van der Waals surface area contributed by atoms with Crippen LogP contribution in [0.5, 0.6) is 0 Å². The maximum atomic E-state index is 11.5. The first-order chi connectivity index (χ1) is 7.22. The van der Waals surface area contributed by atoms with Gasteiger partial charge in [-0.3, -0.25) is 4.79 Å². The summed E-state index contributed by atoms with van der Waals surface area (Å²) < 4.78 is 0. The molecule has 0 spiro atoms. The van der Waals surface area contributed by atoms with E-state index in [2.05, 4.69) is 0 Å². The maximum absolute atomic E-state index is 11.5. The van der Waals surface area contributed by atoms with Gasteiger partial charge in [0.05, 0.1) is 6.54 Å². The molecule has 1 aliphatic carbocycles. The highest BCUT2D eigenvalue weighted by Crippen LogP contribution is 2.29. The molecular formula is C12H14ClNO. The molecule has 2 rings (SSSR count). The molecule has 2 N–H and O–H groups in total. The maximum Gasteiger partial charge on any atom is 0.176 e. The Morgan fingerprint density at radius 3 is 2.80 bits per heavy atom. The van der Waals surface area contributed by atoms with Crippen molar-refractivity contribution in [3.8, 4) is 0 Å². The van der Waals surface area contributed by atoms with Crippen molar-refractivity contribution in [2.75, 3.05) is 6.54 Å². The average molecular weight is 224 g/mol. The second kappa shape index (κ2) is 4.33. The topological polar surface area (TPSA) is 43.1 Å². The van der Waals surface area contributed by atoms with Crippen LogP contribution in [0.3, 0.4) is 0 Å². The summed E-state index contributed by atoms with van der Waals surface area (Å²) >= 11 is 6.16. The molecule has 0 heterocycles. The van der Waals surface area contributed by atoms with E-state index in [0.29, 0.717) is 5.56 Å². The number of aryl methyl sites for hydroxylation is 1. The first kappa shape index (κ1) is 10.7. The number of nitrogens with two attached hydrogens (primary N) is 1. The van der Waals surface area contributed by atoms with Crippen LogP contribution in [0.1, 0.15) is 34.3 Å². The van der Waals surface area contributed by atoms with Crippen molar-refractivity contribution >= 4 is 17.4 Å². The van der Waals surface area contributed by atoms with Crippen LogP contribution in [0.15, 0.2) is 12.1 Å². The van der Waals surface area contributed by atoms with Crippen LogP contribution in [-0.2, 0) is 12.8 Å². The third kappa shape index (κ3) is 2.06. The summed E-state index contributed by atoms with van der Waals surface area (Å²) in [6.07, 6.45) is 4.44. The fraction of sp³-hybridized carbons (Fsp3) is 0.417. The Hall–Kier alpha value is -0.860. The number of ketones is 1. The van der Waals surface area contributed by atoms with Gasteiger partial charge in [0.1, 0.15) is 0 Å². The van der Waals surface area contributed by atoms with Crippen LogP contribution in [0, 0.1) is 0 Å². The van der Waals surface area contributed by atoms with Crippen molar-refractivity contribution in [2.45, 2.75) is 25.7 Å². The van der Waals surface area contributed by atoms with Crippen molar-refractivity contribution in [2.24, 2.45) is 5.73 Å². The van der Waals surface area contributed by atoms with Crippen LogP contribution >= 0.6 is 11.6 Å². The monoisotopic (exact) mass is 223 g/mol. The van der Waals surface area contributed by atoms with E-state index in [0.717, 1.165) is 17.9 Å². The number of carbonyl (C=O) groups is 1. The predicted molar refractivity (Wildman–Crippen MR) is 61.5 cm³/mol.